The zero-order chi connectivity index (χ0) is 14.7. The monoisotopic (exact) mass is 293 g/mol. The quantitative estimate of drug-likeness (QED) is 0.927. The highest BCUT2D eigenvalue weighted by molar-refractivity contribution is 6.31. The van der Waals surface area contributed by atoms with Crippen LogP contribution in [0.3, 0.4) is 0 Å². The third-order valence-corrected chi connectivity index (χ3v) is 3.25. The van der Waals surface area contributed by atoms with Crippen LogP contribution in [0.5, 0.6) is 5.75 Å². The first-order valence-corrected chi connectivity index (χ1v) is 6.30. The van der Waals surface area contributed by atoms with Crippen LogP contribution < -0.4 is 10.1 Å². The summed E-state index contributed by atoms with van der Waals surface area (Å²) in [6.45, 7) is 1.81. The minimum Gasteiger partial charge on any atom is -0.495 e. The Bertz CT molecular complexity index is 658. The summed E-state index contributed by atoms with van der Waals surface area (Å²) in [7, 11) is 1.47. The molecule has 3 nitrogen and oxygen atoms in total. The molecule has 0 bridgehead atoms. The van der Waals surface area contributed by atoms with E-state index in [-0.39, 0.29) is 5.56 Å². The average molecular weight is 294 g/mol. The molecule has 0 aliphatic rings. The van der Waals surface area contributed by atoms with Gasteiger partial charge in [0.1, 0.15) is 11.6 Å². The van der Waals surface area contributed by atoms with E-state index < -0.39 is 11.7 Å². The summed E-state index contributed by atoms with van der Waals surface area (Å²) in [5.41, 5.74) is 1.21. The predicted molar refractivity (Wildman–Crippen MR) is 77.1 cm³/mol. The van der Waals surface area contributed by atoms with Gasteiger partial charge in [-0.3, -0.25) is 4.79 Å². The average Bonchev–Trinajstić information content (AvgIpc) is 2.43. The van der Waals surface area contributed by atoms with Crippen molar-refractivity contribution in [1.82, 2.24) is 0 Å². The highest BCUT2D eigenvalue weighted by Crippen LogP contribution is 2.31. The number of carbonyl (C=O) groups excluding carboxylic acids is 1. The fraction of sp³-hybridized carbons (Fsp3) is 0.133. The second-order valence-electron chi connectivity index (χ2n) is 4.24. The van der Waals surface area contributed by atoms with E-state index in [1.807, 2.05) is 0 Å². The third-order valence-electron chi connectivity index (χ3n) is 2.85. The van der Waals surface area contributed by atoms with Gasteiger partial charge in [-0.05, 0) is 30.7 Å². The van der Waals surface area contributed by atoms with E-state index in [1.165, 1.54) is 25.3 Å². The van der Waals surface area contributed by atoms with Gasteiger partial charge >= 0.3 is 0 Å². The largest absolute Gasteiger partial charge is 0.495 e. The van der Waals surface area contributed by atoms with Crippen LogP contribution in [0.4, 0.5) is 10.1 Å². The number of nitrogens with one attached hydrogen (secondary N) is 1. The molecule has 0 saturated carbocycles. The molecule has 0 heterocycles. The number of aryl methyl sites for hydroxylation is 1. The van der Waals surface area contributed by atoms with Gasteiger partial charge in [0.2, 0.25) is 0 Å². The van der Waals surface area contributed by atoms with Crippen molar-refractivity contribution in [2.75, 3.05) is 12.4 Å². The summed E-state index contributed by atoms with van der Waals surface area (Å²) in [6, 6.07) is 9.06. The number of ether oxygens (including phenoxy) is 1. The molecule has 0 aliphatic heterocycles. The summed E-state index contributed by atoms with van der Waals surface area (Å²) >= 11 is 5.99. The normalized spacial score (nSPS) is 10.2. The lowest BCUT2D eigenvalue weighted by Gasteiger charge is -2.12. The topological polar surface area (TPSA) is 38.3 Å². The summed E-state index contributed by atoms with van der Waals surface area (Å²) in [6.07, 6.45) is 0. The predicted octanol–water partition coefficient (Wildman–Crippen LogP) is 4.05. The van der Waals surface area contributed by atoms with Crippen LogP contribution in [-0.4, -0.2) is 13.0 Å². The molecule has 0 aromatic heterocycles. The Morgan fingerprint density at radius 3 is 2.65 bits per heavy atom. The van der Waals surface area contributed by atoms with Crippen LogP contribution in [0.15, 0.2) is 36.4 Å². The molecule has 1 N–H and O–H groups in total. The number of amides is 1. The van der Waals surface area contributed by atoms with Gasteiger partial charge < -0.3 is 10.1 Å². The molecule has 0 fully saturated rings. The number of methoxy groups -OCH3 is 1. The van der Waals surface area contributed by atoms with Gasteiger partial charge in [-0.15, -0.1) is 0 Å². The Labute approximate surface area is 121 Å². The molecule has 2 aromatic rings. The lowest BCUT2D eigenvalue weighted by atomic mass is 10.1. The van der Waals surface area contributed by atoms with E-state index in [9.17, 15) is 9.18 Å². The minimum absolute atomic E-state index is 0.0258. The van der Waals surface area contributed by atoms with Gasteiger partial charge in [-0.1, -0.05) is 23.7 Å². The van der Waals surface area contributed by atoms with Crippen LogP contribution in [0.1, 0.15) is 15.9 Å². The molecule has 0 saturated heterocycles. The van der Waals surface area contributed by atoms with Gasteiger partial charge in [-0.25, -0.2) is 4.39 Å². The first kappa shape index (κ1) is 14.3. The van der Waals surface area contributed by atoms with Crippen molar-refractivity contribution < 1.29 is 13.9 Å². The number of halogens is 2. The lowest BCUT2D eigenvalue weighted by Crippen LogP contribution is -2.14. The zero-order valence-corrected chi connectivity index (χ0v) is 11.8. The Hall–Kier alpha value is -2.07. The van der Waals surface area contributed by atoms with Crippen LogP contribution in [-0.2, 0) is 0 Å². The molecular weight excluding hydrogens is 281 g/mol. The fourth-order valence-electron chi connectivity index (χ4n) is 1.76. The van der Waals surface area contributed by atoms with E-state index in [4.69, 9.17) is 16.3 Å². The summed E-state index contributed by atoms with van der Waals surface area (Å²) in [5.74, 6) is -0.692. The Morgan fingerprint density at radius 1 is 1.30 bits per heavy atom. The summed E-state index contributed by atoms with van der Waals surface area (Å²) in [4.78, 5) is 12.1. The first-order valence-electron chi connectivity index (χ1n) is 5.93. The molecule has 0 aliphatic carbocycles. The molecular formula is C15H13ClFNO2. The Balaban J connectivity index is 2.33. The summed E-state index contributed by atoms with van der Waals surface area (Å²) < 4.78 is 18.7. The molecule has 20 heavy (non-hydrogen) atoms. The molecule has 2 aromatic carbocycles. The van der Waals surface area contributed by atoms with Crippen LogP contribution >= 0.6 is 11.6 Å². The Kier molecular flexibility index (Phi) is 4.25. The number of rotatable bonds is 3. The van der Waals surface area contributed by atoms with E-state index >= 15 is 0 Å². The van der Waals surface area contributed by atoms with E-state index in [0.29, 0.717) is 16.5 Å². The molecule has 0 atom stereocenters. The van der Waals surface area contributed by atoms with Crippen LogP contribution in [0.2, 0.25) is 5.02 Å². The molecule has 1 amide bonds. The SMILES string of the molecule is COc1cc(Cl)c(C)cc1NC(=O)c1ccccc1F. The number of hydrogen-bond acceptors (Lipinski definition) is 2. The first-order chi connectivity index (χ1) is 9.52. The number of benzene rings is 2. The van der Waals surface area contributed by atoms with Crippen molar-refractivity contribution in [3.63, 3.8) is 0 Å². The van der Waals surface area contributed by atoms with Crippen molar-refractivity contribution in [3.05, 3.63) is 58.4 Å². The zero-order valence-electron chi connectivity index (χ0n) is 11.0. The minimum atomic E-state index is -0.574. The highest BCUT2D eigenvalue weighted by Gasteiger charge is 2.14. The molecule has 5 heteroatoms. The van der Waals surface area contributed by atoms with Crippen LogP contribution in [0, 0.1) is 12.7 Å². The lowest BCUT2D eigenvalue weighted by molar-refractivity contribution is 0.102. The van der Waals surface area contributed by atoms with Crippen molar-refractivity contribution in [3.8, 4) is 5.75 Å². The Morgan fingerprint density at radius 2 is 2.00 bits per heavy atom. The van der Waals surface area contributed by atoms with Gasteiger partial charge in [0.05, 0.1) is 18.4 Å². The number of hydrogen-bond donors (Lipinski definition) is 1. The van der Waals surface area contributed by atoms with Crippen molar-refractivity contribution in [2.45, 2.75) is 6.92 Å². The smallest absolute Gasteiger partial charge is 0.258 e. The van der Waals surface area contributed by atoms with Gasteiger partial charge in [0.15, 0.2) is 0 Å². The standard InChI is InChI=1S/C15H13ClFNO2/c1-9-7-13(14(20-2)8-11(9)16)18-15(19)10-5-3-4-6-12(10)17/h3-8H,1-2H3,(H,18,19). The van der Waals surface area contributed by atoms with E-state index in [1.54, 1.807) is 25.1 Å². The maximum absolute atomic E-state index is 13.6. The van der Waals surface area contributed by atoms with Crippen molar-refractivity contribution in [1.29, 1.82) is 0 Å². The second-order valence-corrected chi connectivity index (χ2v) is 4.64. The highest BCUT2D eigenvalue weighted by atomic mass is 35.5. The number of carbonyl (C=O) groups is 1. The molecule has 0 unspecified atom stereocenters. The third kappa shape index (κ3) is 2.91. The maximum Gasteiger partial charge on any atom is 0.258 e. The van der Waals surface area contributed by atoms with Gasteiger partial charge in [0, 0.05) is 11.1 Å². The van der Waals surface area contributed by atoms with Crippen molar-refractivity contribution >= 4 is 23.2 Å². The molecule has 2 rings (SSSR count). The van der Waals surface area contributed by atoms with Gasteiger partial charge in [0.25, 0.3) is 5.91 Å². The molecule has 0 spiro atoms. The van der Waals surface area contributed by atoms with Gasteiger partial charge in [-0.2, -0.15) is 0 Å². The molecule has 0 radical (unpaired) electrons. The number of anilines is 1. The van der Waals surface area contributed by atoms with E-state index in [2.05, 4.69) is 5.32 Å². The van der Waals surface area contributed by atoms with Crippen LogP contribution in [0.25, 0.3) is 0 Å². The van der Waals surface area contributed by atoms with Crippen molar-refractivity contribution in [2.24, 2.45) is 0 Å². The van der Waals surface area contributed by atoms with E-state index in [0.717, 1.165) is 5.56 Å². The fourth-order valence-corrected chi connectivity index (χ4v) is 1.92. The molecule has 104 valence electrons. The second kappa shape index (κ2) is 5.92. The summed E-state index contributed by atoms with van der Waals surface area (Å²) in [5, 5.41) is 3.16. The maximum atomic E-state index is 13.6.